The molecule has 0 atom stereocenters. The number of anilines is 1. The minimum atomic E-state index is -0.146. The van der Waals surface area contributed by atoms with Crippen LogP contribution in [0.3, 0.4) is 0 Å². The van der Waals surface area contributed by atoms with Gasteiger partial charge in [-0.15, -0.1) is 34.9 Å². The fraction of sp³-hybridized carbons (Fsp3) is 0.211. The third kappa shape index (κ3) is 3.70. The maximum Gasteiger partial charge on any atom is 0.267 e. The van der Waals surface area contributed by atoms with Crippen LogP contribution < -0.4 is 5.32 Å². The average Bonchev–Trinajstić information content (AvgIpc) is 3.00. The second-order valence-corrected chi connectivity index (χ2v) is 9.90. The zero-order valence-electron chi connectivity index (χ0n) is 13.3. The summed E-state index contributed by atoms with van der Waals surface area (Å²) in [5.74, 6) is 2.25. The Balaban J connectivity index is 1.56. The number of hydrogen-bond acceptors (Lipinski definition) is 4. The van der Waals surface area contributed by atoms with Crippen LogP contribution in [0.2, 0.25) is 5.02 Å². The molecule has 128 valence electrons. The SMILES string of the molecule is O=C(Nc1cccc(C2SCCCS2)c1)c1sc2ccccc2c1Cl. The Labute approximate surface area is 164 Å². The molecule has 2 nitrogen and oxygen atoms in total. The Morgan fingerprint density at radius 1 is 1.08 bits per heavy atom. The van der Waals surface area contributed by atoms with Gasteiger partial charge in [-0.25, -0.2) is 0 Å². The van der Waals surface area contributed by atoms with Gasteiger partial charge in [-0.05, 0) is 41.7 Å². The van der Waals surface area contributed by atoms with E-state index in [4.69, 9.17) is 11.6 Å². The quantitative estimate of drug-likeness (QED) is 0.527. The number of carbonyl (C=O) groups is 1. The van der Waals surface area contributed by atoms with Gasteiger partial charge in [-0.1, -0.05) is 41.9 Å². The predicted octanol–water partition coefficient (Wildman–Crippen LogP) is 6.68. The molecule has 0 spiro atoms. The monoisotopic (exact) mass is 405 g/mol. The highest BCUT2D eigenvalue weighted by Crippen LogP contribution is 2.44. The third-order valence-corrected chi connectivity index (χ3v) is 8.67. The van der Waals surface area contributed by atoms with Gasteiger partial charge in [0.25, 0.3) is 5.91 Å². The second kappa shape index (κ2) is 7.62. The van der Waals surface area contributed by atoms with Crippen molar-refractivity contribution in [3.63, 3.8) is 0 Å². The first kappa shape index (κ1) is 17.3. The van der Waals surface area contributed by atoms with Crippen molar-refractivity contribution >= 4 is 68.1 Å². The van der Waals surface area contributed by atoms with Gasteiger partial charge in [-0.2, -0.15) is 0 Å². The van der Waals surface area contributed by atoms with Crippen LogP contribution in [0.25, 0.3) is 10.1 Å². The van der Waals surface area contributed by atoms with E-state index in [0.717, 1.165) is 15.8 Å². The highest BCUT2D eigenvalue weighted by Gasteiger charge is 2.19. The van der Waals surface area contributed by atoms with Crippen LogP contribution in [0.4, 0.5) is 5.69 Å². The molecule has 1 N–H and O–H groups in total. The van der Waals surface area contributed by atoms with Crippen molar-refractivity contribution in [2.45, 2.75) is 11.0 Å². The molecule has 0 aliphatic carbocycles. The molecule has 6 heteroatoms. The molecule has 25 heavy (non-hydrogen) atoms. The molecule has 2 heterocycles. The Morgan fingerprint density at radius 3 is 2.68 bits per heavy atom. The van der Waals surface area contributed by atoms with E-state index in [0.29, 0.717) is 14.5 Å². The van der Waals surface area contributed by atoms with Gasteiger partial charge in [0.1, 0.15) is 4.88 Å². The Kier molecular flexibility index (Phi) is 5.27. The van der Waals surface area contributed by atoms with Crippen LogP contribution in [0.5, 0.6) is 0 Å². The molecule has 0 unspecified atom stereocenters. The summed E-state index contributed by atoms with van der Waals surface area (Å²) in [7, 11) is 0. The number of thiophene rings is 1. The van der Waals surface area contributed by atoms with Crippen molar-refractivity contribution in [3.8, 4) is 0 Å². The van der Waals surface area contributed by atoms with Gasteiger partial charge >= 0.3 is 0 Å². The lowest BCUT2D eigenvalue weighted by Crippen LogP contribution is -2.11. The van der Waals surface area contributed by atoms with Crippen LogP contribution in [-0.4, -0.2) is 17.4 Å². The molecule has 4 rings (SSSR count). The van der Waals surface area contributed by atoms with E-state index in [9.17, 15) is 4.79 Å². The number of fused-ring (bicyclic) bond motifs is 1. The van der Waals surface area contributed by atoms with Crippen LogP contribution >= 0.6 is 46.5 Å². The van der Waals surface area contributed by atoms with E-state index >= 15 is 0 Å². The van der Waals surface area contributed by atoms with E-state index in [-0.39, 0.29) is 5.91 Å². The lowest BCUT2D eigenvalue weighted by atomic mass is 10.2. The lowest BCUT2D eigenvalue weighted by molar-refractivity contribution is 0.103. The van der Waals surface area contributed by atoms with E-state index in [1.165, 1.54) is 34.8 Å². The molecule has 0 saturated carbocycles. The number of carbonyl (C=O) groups excluding carboxylic acids is 1. The summed E-state index contributed by atoms with van der Waals surface area (Å²) in [6.07, 6.45) is 1.27. The second-order valence-electron chi connectivity index (χ2n) is 5.75. The fourth-order valence-electron chi connectivity index (χ4n) is 2.79. The number of benzene rings is 2. The molecule has 1 saturated heterocycles. The van der Waals surface area contributed by atoms with Gasteiger partial charge in [0, 0.05) is 15.8 Å². The summed E-state index contributed by atoms with van der Waals surface area (Å²) in [5, 5.41) is 4.48. The van der Waals surface area contributed by atoms with Gasteiger partial charge in [0.05, 0.1) is 9.60 Å². The van der Waals surface area contributed by atoms with Crippen molar-refractivity contribution in [2.75, 3.05) is 16.8 Å². The maximum absolute atomic E-state index is 12.7. The van der Waals surface area contributed by atoms with Gasteiger partial charge in [0.2, 0.25) is 0 Å². The molecule has 2 aromatic carbocycles. The number of rotatable bonds is 3. The summed E-state index contributed by atoms with van der Waals surface area (Å²) >= 11 is 11.8. The van der Waals surface area contributed by atoms with Crippen LogP contribution in [-0.2, 0) is 0 Å². The Bertz CT molecular complexity index is 918. The normalized spacial score (nSPS) is 15.4. The van der Waals surface area contributed by atoms with Crippen molar-refractivity contribution in [1.82, 2.24) is 0 Å². The Morgan fingerprint density at radius 2 is 1.88 bits per heavy atom. The highest BCUT2D eigenvalue weighted by molar-refractivity contribution is 8.16. The average molecular weight is 406 g/mol. The number of nitrogens with one attached hydrogen (secondary N) is 1. The first-order valence-corrected chi connectivity index (χ1v) is 11.3. The fourth-order valence-corrected chi connectivity index (χ4v) is 7.08. The van der Waals surface area contributed by atoms with Gasteiger partial charge < -0.3 is 5.32 Å². The van der Waals surface area contributed by atoms with Crippen molar-refractivity contribution in [2.24, 2.45) is 0 Å². The summed E-state index contributed by atoms with van der Waals surface area (Å²) in [6, 6.07) is 16.0. The first-order valence-electron chi connectivity index (χ1n) is 8.04. The lowest BCUT2D eigenvalue weighted by Gasteiger charge is -2.21. The largest absolute Gasteiger partial charge is 0.321 e. The molecular weight excluding hydrogens is 390 g/mol. The minimum Gasteiger partial charge on any atom is -0.321 e. The standard InChI is InChI=1S/C19H16ClNOS3/c20-16-14-7-1-2-8-15(14)25-17(16)18(22)21-13-6-3-5-12(11-13)19-23-9-4-10-24-19/h1-3,5-8,11,19H,4,9-10H2,(H,21,22). The van der Waals surface area contributed by atoms with E-state index in [1.807, 2.05) is 59.9 Å². The molecule has 1 aliphatic rings. The van der Waals surface area contributed by atoms with Crippen LogP contribution in [0.15, 0.2) is 48.5 Å². The van der Waals surface area contributed by atoms with Crippen LogP contribution in [0, 0.1) is 0 Å². The molecular formula is C19H16ClNOS3. The predicted molar refractivity (Wildman–Crippen MR) is 114 cm³/mol. The molecule has 0 radical (unpaired) electrons. The topological polar surface area (TPSA) is 29.1 Å². The van der Waals surface area contributed by atoms with Crippen molar-refractivity contribution < 1.29 is 4.79 Å². The van der Waals surface area contributed by atoms with E-state index in [2.05, 4.69) is 17.4 Å². The number of halogens is 1. The minimum absolute atomic E-state index is 0.146. The molecule has 0 bridgehead atoms. The highest BCUT2D eigenvalue weighted by atomic mass is 35.5. The van der Waals surface area contributed by atoms with E-state index < -0.39 is 0 Å². The summed E-state index contributed by atoms with van der Waals surface area (Å²) in [5.41, 5.74) is 2.08. The molecule has 3 aromatic rings. The molecule has 1 fully saturated rings. The van der Waals surface area contributed by atoms with E-state index in [1.54, 1.807) is 0 Å². The summed E-state index contributed by atoms with van der Waals surface area (Å²) in [6.45, 7) is 0. The van der Waals surface area contributed by atoms with Crippen LogP contribution in [0.1, 0.15) is 26.2 Å². The Hall–Kier alpha value is -1.14. The zero-order chi connectivity index (χ0) is 17.2. The zero-order valence-corrected chi connectivity index (χ0v) is 16.5. The number of thioether (sulfide) groups is 2. The summed E-state index contributed by atoms with van der Waals surface area (Å²) in [4.78, 5) is 13.3. The smallest absolute Gasteiger partial charge is 0.267 e. The van der Waals surface area contributed by atoms with Gasteiger partial charge in [0.15, 0.2) is 0 Å². The molecule has 1 aromatic heterocycles. The first-order chi connectivity index (χ1) is 12.2. The number of amides is 1. The van der Waals surface area contributed by atoms with Gasteiger partial charge in [-0.3, -0.25) is 4.79 Å². The van der Waals surface area contributed by atoms with Crippen molar-refractivity contribution in [3.05, 3.63) is 64.0 Å². The molecule has 1 amide bonds. The third-order valence-electron chi connectivity index (χ3n) is 3.98. The number of hydrogen-bond donors (Lipinski definition) is 1. The summed E-state index contributed by atoms with van der Waals surface area (Å²) < 4.78 is 1.49. The maximum atomic E-state index is 12.7. The van der Waals surface area contributed by atoms with Crippen molar-refractivity contribution in [1.29, 1.82) is 0 Å². The molecule has 1 aliphatic heterocycles.